The molecule has 8 heteroatoms. The van der Waals surface area contributed by atoms with Crippen molar-refractivity contribution in [3.63, 3.8) is 0 Å². The number of amides is 1. The second-order valence-electron chi connectivity index (χ2n) is 6.20. The van der Waals surface area contributed by atoms with Crippen molar-refractivity contribution in [3.8, 4) is 21.8 Å². The van der Waals surface area contributed by atoms with Crippen LogP contribution in [0.25, 0.3) is 21.8 Å². The largest absolute Gasteiger partial charge is 0.324 e. The third kappa shape index (κ3) is 4.42. The molecule has 0 saturated carbocycles. The van der Waals surface area contributed by atoms with E-state index in [1.165, 1.54) is 28.4 Å². The van der Waals surface area contributed by atoms with Crippen molar-refractivity contribution in [1.29, 1.82) is 0 Å². The topological polar surface area (TPSA) is 76.9 Å². The first-order chi connectivity index (χ1) is 14.1. The summed E-state index contributed by atoms with van der Waals surface area (Å²) in [4.78, 5) is 33.8. The summed E-state index contributed by atoms with van der Waals surface area (Å²) in [7, 11) is 0. The Bertz CT molecular complexity index is 1220. The number of nitrogens with one attached hydrogen (secondary N) is 1. The molecular formula is C21H15ClN4O2S. The zero-order valence-corrected chi connectivity index (χ0v) is 16.7. The van der Waals surface area contributed by atoms with E-state index >= 15 is 0 Å². The molecule has 29 heavy (non-hydrogen) atoms. The molecule has 2 heterocycles. The fourth-order valence-electron chi connectivity index (χ4n) is 2.77. The van der Waals surface area contributed by atoms with Crippen molar-refractivity contribution in [3.05, 3.63) is 87.9 Å². The number of carbonyl (C=O) groups excluding carboxylic acids is 1. The summed E-state index contributed by atoms with van der Waals surface area (Å²) < 4.78 is 1.26. The van der Waals surface area contributed by atoms with Crippen molar-refractivity contribution in [2.45, 2.75) is 6.54 Å². The average molecular weight is 423 g/mol. The minimum atomic E-state index is -0.350. The van der Waals surface area contributed by atoms with Gasteiger partial charge in [0.15, 0.2) is 0 Å². The van der Waals surface area contributed by atoms with E-state index in [0.717, 1.165) is 11.3 Å². The maximum absolute atomic E-state index is 12.8. The van der Waals surface area contributed by atoms with Gasteiger partial charge in [-0.2, -0.15) is 0 Å². The van der Waals surface area contributed by atoms with Crippen LogP contribution in [0.1, 0.15) is 0 Å². The molecule has 0 aliphatic carbocycles. The van der Waals surface area contributed by atoms with E-state index in [2.05, 4.69) is 15.3 Å². The Labute approximate surface area is 175 Å². The minimum absolute atomic E-state index is 0.164. The second kappa shape index (κ2) is 8.38. The summed E-state index contributed by atoms with van der Waals surface area (Å²) in [6.45, 7) is -0.164. The number of hydrogen-bond acceptors (Lipinski definition) is 5. The van der Waals surface area contributed by atoms with Gasteiger partial charge in [0.05, 0.1) is 17.6 Å². The molecule has 0 fully saturated rings. The second-order valence-corrected chi connectivity index (χ2v) is 7.50. The molecule has 1 amide bonds. The maximum atomic E-state index is 12.8. The Balaban J connectivity index is 1.56. The average Bonchev–Trinajstić information content (AvgIpc) is 3.20. The van der Waals surface area contributed by atoms with Gasteiger partial charge in [-0.15, -0.1) is 11.3 Å². The number of hydrogen-bond donors (Lipinski definition) is 1. The molecule has 0 bridgehead atoms. The molecule has 0 saturated heterocycles. The number of thiazole rings is 1. The van der Waals surface area contributed by atoms with Crippen LogP contribution in [0.3, 0.4) is 0 Å². The fraction of sp³-hybridized carbons (Fsp3) is 0.0476. The number of benzene rings is 2. The molecule has 4 rings (SSSR count). The first-order valence-electron chi connectivity index (χ1n) is 8.71. The van der Waals surface area contributed by atoms with Crippen molar-refractivity contribution >= 4 is 34.5 Å². The molecule has 4 aromatic rings. The van der Waals surface area contributed by atoms with Crippen molar-refractivity contribution < 1.29 is 4.79 Å². The maximum Gasteiger partial charge on any atom is 0.264 e. The van der Waals surface area contributed by atoms with Crippen LogP contribution in [0.4, 0.5) is 5.69 Å². The Morgan fingerprint density at radius 3 is 2.76 bits per heavy atom. The Morgan fingerprint density at radius 2 is 1.97 bits per heavy atom. The molecule has 6 nitrogen and oxygen atoms in total. The fourth-order valence-corrected chi connectivity index (χ4v) is 3.79. The zero-order valence-electron chi connectivity index (χ0n) is 15.1. The summed E-state index contributed by atoms with van der Waals surface area (Å²) in [5.74, 6) is -0.350. The Morgan fingerprint density at radius 1 is 1.14 bits per heavy atom. The molecule has 144 valence electrons. The normalized spacial score (nSPS) is 10.7. The van der Waals surface area contributed by atoms with Crippen LogP contribution >= 0.6 is 22.9 Å². The number of nitrogens with zero attached hydrogens (tertiary/aromatic N) is 3. The van der Waals surface area contributed by atoms with Gasteiger partial charge < -0.3 is 5.32 Å². The highest BCUT2D eigenvalue weighted by molar-refractivity contribution is 7.13. The van der Waals surface area contributed by atoms with Gasteiger partial charge in [-0.05, 0) is 18.2 Å². The van der Waals surface area contributed by atoms with E-state index in [1.54, 1.807) is 24.3 Å². The first-order valence-corrected chi connectivity index (χ1v) is 9.97. The number of aromatic nitrogens is 3. The van der Waals surface area contributed by atoms with Gasteiger partial charge in [0.25, 0.3) is 5.56 Å². The van der Waals surface area contributed by atoms with Crippen LogP contribution in [-0.4, -0.2) is 20.4 Å². The third-order valence-electron chi connectivity index (χ3n) is 4.13. The minimum Gasteiger partial charge on any atom is -0.324 e. The number of rotatable bonds is 5. The number of anilines is 1. The van der Waals surface area contributed by atoms with Gasteiger partial charge in [-0.1, -0.05) is 48.0 Å². The van der Waals surface area contributed by atoms with Gasteiger partial charge in [0, 0.05) is 27.9 Å². The predicted octanol–water partition coefficient (Wildman–Crippen LogP) is 4.33. The highest BCUT2D eigenvalue weighted by Gasteiger charge is 2.14. The lowest BCUT2D eigenvalue weighted by Crippen LogP contribution is -2.28. The Kier molecular flexibility index (Phi) is 5.50. The van der Waals surface area contributed by atoms with Crippen LogP contribution in [-0.2, 0) is 11.3 Å². The lowest BCUT2D eigenvalue weighted by Gasteiger charge is -2.08. The van der Waals surface area contributed by atoms with Gasteiger partial charge in [-0.3, -0.25) is 14.2 Å². The van der Waals surface area contributed by atoms with Crippen LogP contribution in [0, 0.1) is 0 Å². The SMILES string of the molecule is O=C(Cn1cncc(-c2nc(-c3ccccc3)cs2)c1=O)Nc1cccc(Cl)c1. The van der Waals surface area contributed by atoms with Gasteiger partial charge in [-0.25, -0.2) is 9.97 Å². The summed E-state index contributed by atoms with van der Waals surface area (Å²) in [6, 6.07) is 16.5. The molecular weight excluding hydrogens is 408 g/mol. The van der Waals surface area contributed by atoms with Crippen LogP contribution in [0.5, 0.6) is 0 Å². The summed E-state index contributed by atoms with van der Waals surface area (Å²) in [5.41, 5.74) is 2.36. The highest BCUT2D eigenvalue weighted by Crippen LogP contribution is 2.26. The molecule has 0 unspecified atom stereocenters. The molecule has 0 aliphatic heterocycles. The van der Waals surface area contributed by atoms with Crippen molar-refractivity contribution in [2.24, 2.45) is 0 Å². The van der Waals surface area contributed by atoms with E-state index in [1.807, 2.05) is 35.7 Å². The van der Waals surface area contributed by atoms with Crippen molar-refractivity contribution in [1.82, 2.24) is 14.5 Å². The number of carbonyl (C=O) groups is 1. The van der Waals surface area contributed by atoms with E-state index in [0.29, 0.717) is 21.3 Å². The van der Waals surface area contributed by atoms with Gasteiger partial charge >= 0.3 is 0 Å². The Hall–Kier alpha value is -3.29. The molecule has 1 N–H and O–H groups in total. The summed E-state index contributed by atoms with van der Waals surface area (Å²) in [6.07, 6.45) is 2.82. The van der Waals surface area contributed by atoms with E-state index in [-0.39, 0.29) is 18.0 Å². The van der Waals surface area contributed by atoms with Crippen LogP contribution in [0.2, 0.25) is 5.02 Å². The van der Waals surface area contributed by atoms with Gasteiger partial charge in [0.1, 0.15) is 11.6 Å². The molecule has 0 aliphatic rings. The number of halogens is 1. The van der Waals surface area contributed by atoms with Crippen molar-refractivity contribution in [2.75, 3.05) is 5.32 Å². The first kappa shape index (κ1) is 19.0. The summed E-state index contributed by atoms with van der Waals surface area (Å²) in [5, 5.41) is 5.69. The van der Waals surface area contributed by atoms with E-state index < -0.39 is 0 Å². The third-order valence-corrected chi connectivity index (χ3v) is 5.24. The van der Waals surface area contributed by atoms with Crippen LogP contribution in [0.15, 0.2) is 77.3 Å². The zero-order chi connectivity index (χ0) is 20.2. The predicted molar refractivity (Wildman–Crippen MR) is 115 cm³/mol. The molecule has 2 aromatic heterocycles. The molecule has 0 atom stereocenters. The smallest absolute Gasteiger partial charge is 0.264 e. The van der Waals surface area contributed by atoms with Gasteiger partial charge in [0.2, 0.25) is 5.91 Å². The summed E-state index contributed by atoms with van der Waals surface area (Å²) >= 11 is 7.29. The standard InChI is InChI=1S/C21H15ClN4O2S/c22-15-7-4-8-16(9-15)24-19(27)11-26-13-23-10-17(21(26)28)20-25-18(12-29-20)14-5-2-1-3-6-14/h1-10,12-13H,11H2,(H,24,27). The monoisotopic (exact) mass is 422 g/mol. The molecule has 2 aromatic carbocycles. The lowest BCUT2D eigenvalue weighted by atomic mass is 10.2. The quantitative estimate of drug-likeness (QED) is 0.519. The van der Waals surface area contributed by atoms with E-state index in [9.17, 15) is 9.59 Å². The highest BCUT2D eigenvalue weighted by atomic mass is 35.5. The molecule has 0 radical (unpaired) electrons. The molecule has 0 spiro atoms. The van der Waals surface area contributed by atoms with E-state index in [4.69, 9.17) is 11.6 Å². The lowest BCUT2D eigenvalue weighted by molar-refractivity contribution is -0.116. The van der Waals surface area contributed by atoms with Crippen LogP contribution < -0.4 is 10.9 Å².